The van der Waals surface area contributed by atoms with E-state index in [1.54, 1.807) is 0 Å². The van der Waals surface area contributed by atoms with Crippen LogP contribution in [0.2, 0.25) is 0 Å². The Bertz CT molecular complexity index is 370. The molecule has 0 aromatic heterocycles. The summed E-state index contributed by atoms with van der Waals surface area (Å²) < 4.78 is 5.48. The molecular formula is C13H17NO2. The molecule has 1 aromatic carbocycles. The highest BCUT2D eigenvalue weighted by molar-refractivity contribution is 5.75. The number of benzene rings is 1. The minimum absolute atomic E-state index is 0.0148. The molecule has 3 heteroatoms. The lowest BCUT2D eigenvalue weighted by atomic mass is 10.0. The van der Waals surface area contributed by atoms with E-state index < -0.39 is 0 Å². The Hall–Kier alpha value is -1.35. The van der Waals surface area contributed by atoms with Crippen LogP contribution in [0, 0.1) is 0 Å². The maximum atomic E-state index is 10.6. The number of anilines is 1. The third-order valence-corrected chi connectivity index (χ3v) is 2.99. The Morgan fingerprint density at radius 2 is 2.00 bits per heavy atom. The normalized spacial score (nSPS) is 19.5. The Balaban J connectivity index is 2.24. The fourth-order valence-corrected chi connectivity index (χ4v) is 2.07. The third kappa shape index (κ3) is 2.09. The van der Waals surface area contributed by atoms with Gasteiger partial charge in [0.2, 0.25) is 0 Å². The van der Waals surface area contributed by atoms with Gasteiger partial charge in [-0.1, -0.05) is 0 Å². The van der Waals surface area contributed by atoms with E-state index in [4.69, 9.17) is 4.74 Å². The highest BCUT2D eigenvalue weighted by atomic mass is 16.5. The van der Waals surface area contributed by atoms with Gasteiger partial charge in [0, 0.05) is 17.8 Å². The van der Waals surface area contributed by atoms with Crippen molar-refractivity contribution in [2.45, 2.75) is 19.4 Å². The second kappa shape index (κ2) is 4.26. The van der Waals surface area contributed by atoms with Gasteiger partial charge >= 0.3 is 0 Å². The second-order valence-electron chi connectivity index (χ2n) is 4.73. The van der Waals surface area contributed by atoms with Gasteiger partial charge in [-0.25, -0.2) is 0 Å². The molecule has 86 valence electrons. The van der Waals surface area contributed by atoms with E-state index in [2.05, 4.69) is 18.7 Å². The van der Waals surface area contributed by atoms with E-state index >= 15 is 0 Å². The minimum atomic E-state index is 0.0148. The topological polar surface area (TPSA) is 29.5 Å². The summed E-state index contributed by atoms with van der Waals surface area (Å²) in [5.74, 6) is 0. The van der Waals surface area contributed by atoms with Crippen LogP contribution < -0.4 is 4.90 Å². The maximum Gasteiger partial charge on any atom is 0.150 e. The summed E-state index contributed by atoms with van der Waals surface area (Å²) in [6.45, 7) is 6.73. The number of ether oxygens (including phenoxy) is 1. The average Bonchev–Trinajstić information content (AvgIpc) is 2.29. The van der Waals surface area contributed by atoms with Crippen molar-refractivity contribution >= 4 is 12.0 Å². The highest BCUT2D eigenvalue weighted by Gasteiger charge is 2.30. The first-order chi connectivity index (χ1) is 7.63. The summed E-state index contributed by atoms with van der Waals surface area (Å²) in [5.41, 5.74) is 1.88. The van der Waals surface area contributed by atoms with Gasteiger partial charge in [0.1, 0.15) is 6.29 Å². The molecule has 0 amide bonds. The number of hydrogen-bond acceptors (Lipinski definition) is 3. The van der Waals surface area contributed by atoms with E-state index in [9.17, 15) is 4.79 Å². The first-order valence-corrected chi connectivity index (χ1v) is 5.54. The van der Waals surface area contributed by atoms with Crippen molar-refractivity contribution in [2.75, 3.05) is 24.7 Å². The van der Waals surface area contributed by atoms with Gasteiger partial charge in [0.05, 0.1) is 18.8 Å². The third-order valence-electron chi connectivity index (χ3n) is 2.99. The van der Waals surface area contributed by atoms with Gasteiger partial charge in [-0.15, -0.1) is 0 Å². The van der Waals surface area contributed by atoms with Crippen LogP contribution in [0.4, 0.5) is 5.69 Å². The molecule has 0 bridgehead atoms. The van der Waals surface area contributed by atoms with Crippen LogP contribution in [-0.2, 0) is 4.74 Å². The Morgan fingerprint density at radius 1 is 1.31 bits per heavy atom. The van der Waals surface area contributed by atoms with Crippen LogP contribution in [-0.4, -0.2) is 31.6 Å². The van der Waals surface area contributed by atoms with Crippen molar-refractivity contribution in [2.24, 2.45) is 0 Å². The number of aldehydes is 1. The average molecular weight is 219 g/mol. The molecule has 0 atom stereocenters. The van der Waals surface area contributed by atoms with Crippen molar-refractivity contribution in [1.82, 2.24) is 0 Å². The predicted octanol–water partition coefficient (Wildman–Crippen LogP) is 2.11. The smallest absolute Gasteiger partial charge is 0.150 e. The molecule has 1 saturated heterocycles. The summed E-state index contributed by atoms with van der Waals surface area (Å²) in [6.07, 6.45) is 0.869. The molecule has 16 heavy (non-hydrogen) atoms. The monoisotopic (exact) mass is 219 g/mol. The number of nitrogens with zero attached hydrogens (tertiary/aromatic N) is 1. The molecular weight excluding hydrogens is 202 g/mol. The van der Waals surface area contributed by atoms with Crippen LogP contribution in [0.25, 0.3) is 0 Å². The van der Waals surface area contributed by atoms with E-state index in [-0.39, 0.29) is 5.54 Å². The van der Waals surface area contributed by atoms with Crippen molar-refractivity contribution in [3.63, 3.8) is 0 Å². The number of hydrogen-bond donors (Lipinski definition) is 0. The lowest BCUT2D eigenvalue weighted by molar-refractivity contribution is 0.0644. The molecule has 0 radical (unpaired) electrons. The Morgan fingerprint density at radius 3 is 2.56 bits per heavy atom. The van der Waals surface area contributed by atoms with Crippen LogP contribution in [0.3, 0.4) is 0 Å². The molecule has 0 saturated carbocycles. The fourth-order valence-electron chi connectivity index (χ4n) is 2.07. The Kier molecular flexibility index (Phi) is 2.97. The molecule has 1 heterocycles. The minimum Gasteiger partial charge on any atom is -0.377 e. The van der Waals surface area contributed by atoms with Crippen LogP contribution in [0.1, 0.15) is 24.2 Å². The van der Waals surface area contributed by atoms with Crippen molar-refractivity contribution in [1.29, 1.82) is 0 Å². The lowest BCUT2D eigenvalue weighted by Gasteiger charge is -2.43. The van der Waals surface area contributed by atoms with Gasteiger partial charge in [-0.05, 0) is 38.1 Å². The first kappa shape index (κ1) is 11.1. The van der Waals surface area contributed by atoms with Crippen LogP contribution >= 0.6 is 0 Å². The summed E-state index contributed by atoms with van der Waals surface area (Å²) in [4.78, 5) is 12.9. The number of carbonyl (C=O) groups is 1. The molecule has 0 N–H and O–H groups in total. The van der Waals surface area contributed by atoms with E-state index in [1.807, 2.05) is 24.3 Å². The van der Waals surface area contributed by atoms with Gasteiger partial charge in [0.25, 0.3) is 0 Å². The summed E-state index contributed by atoms with van der Waals surface area (Å²) >= 11 is 0. The van der Waals surface area contributed by atoms with E-state index in [0.717, 1.165) is 37.3 Å². The van der Waals surface area contributed by atoms with E-state index in [0.29, 0.717) is 0 Å². The second-order valence-corrected chi connectivity index (χ2v) is 4.73. The number of morpholine rings is 1. The van der Waals surface area contributed by atoms with Gasteiger partial charge < -0.3 is 9.64 Å². The number of carbonyl (C=O) groups excluding carboxylic acids is 1. The lowest BCUT2D eigenvalue weighted by Crippen LogP contribution is -2.53. The molecule has 1 fully saturated rings. The Labute approximate surface area is 96.0 Å². The molecule has 0 unspecified atom stereocenters. The fraction of sp³-hybridized carbons (Fsp3) is 0.462. The van der Waals surface area contributed by atoms with Crippen molar-refractivity contribution in [3.05, 3.63) is 29.8 Å². The zero-order valence-electron chi connectivity index (χ0n) is 9.77. The summed E-state index contributed by atoms with van der Waals surface area (Å²) in [6, 6.07) is 7.70. The van der Waals surface area contributed by atoms with Gasteiger partial charge in [0.15, 0.2) is 0 Å². The van der Waals surface area contributed by atoms with Gasteiger partial charge in [-0.2, -0.15) is 0 Å². The SMILES string of the molecule is CC1(C)COCCN1c1ccc(C=O)cc1. The van der Waals surface area contributed by atoms with Crippen molar-refractivity contribution < 1.29 is 9.53 Å². The molecule has 3 nitrogen and oxygen atoms in total. The number of rotatable bonds is 2. The maximum absolute atomic E-state index is 10.6. The van der Waals surface area contributed by atoms with Crippen molar-refractivity contribution in [3.8, 4) is 0 Å². The standard InChI is InChI=1S/C13H17NO2/c1-13(2)10-16-8-7-14(13)12-5-3-11(9-15)4-6-12/h3-6,9H,7-8,10H2,1-2H3. The molecule has 0 aliphatic carbocycles. The summed E-state index contributed by atoms with van der Waals surface area (Å²) in [7, 11) is 0. The predicted molar refractivity (Wildman–Crippen MR) is 64.1 cm³/mol. The van der Waals surface area contributed by atoms with Crippen LogP contribution in [0.5, 0.6) is 0 Å². The molecule has 1 aliphatic rings. The zero-order chi connectivity index (χ0) is 11.6. The highest BCUT2D eigenvalue weighted by Crippen LogP contribution is 2.26. The van der Waals surface area contributed by atoms with Gasteiger partial charge in [-0.3, -0.25) is 4.79 Å². The van der Waals surface area contributed by atoms with Crippen LogP contribution in [0.15, 0.2) is 24.3 Å². The van der Waals surface area contributed by atoms with E-state index in [1.165, 1.54) is 0 Å². The largest absolute Gasteiger partial charge is 0.377 e. The summed E-state index contributed by atoms with van der Waals surface area (Å²) in [5, 5.41) is 0. The molecule has 0 spiro atoms. The molecule has 1 aliphatic heterocycles. The molecule has 2 rings (SSSR count). The first-order valence-electron chi connectivity index (χ1n) is 5.54. The quantitative estimate of drug-likeness (QED) is 0.713. The zero-order valence-corrected chi connectivity index (χ0v) is 9.77. The molecule has 1 aromatic rings.